The summed E-state index contributed by atoms with van der Waals surface area (Å²) in [6.07, 6.45) is 33.3. The molecule has 0 atom stereocenters. The Morgan fingerprint density at radius 3 is 1.31 bits per heavy atom. The van der Waals surface area contributed by atoms with E-state index in [-0.39, 0.29) is 5.41 Å². The number of hydrogen-bond donors (Lipinski definition) is 2. The predicted molar refractivity (Wildman–Crippen MR) is 490 cm³/mol. The van der Waals surface area contributed by atoms with E-state index in [1.807, 2.05) is 61.2 Å². The number of nitriles is 1. The van der Waals surface area contributed by atoms with Crippen molar-refractivity contribution in [2.45, 2.75) is 177 Å². The van der Waals surface area contributed by atoms with Gasteiger partial charge in [0.05, 0.1) is 47.3 Å². The number of rotatable bonds is 13. The van der Waals surface area contributed by atoms with Crippen LogP contribution in [0.15, 0.2) is 116 Å². The molecule has 8 aliphatic rings. The average molecular weight is 1670 g/mol. The Balaban J connectivity index is 0.000000158. The second kappa shape index (κ2) is 50.0. The zero-order valence-corrected chi connectivity index (χ0v) is 76.8. The number of aryl methyl sites for hydroxylation is 4. The first kappa shape index (κ1) is 96.6. The fourth-order valence-electron chi connectivity index (χ4n) is 17.7. The van der Waals surface area contributed by atoms with Gasteiger partial charge < -0.3 is 74.4 Å². The molecule has 0 aromatic carbocycles. The van der Waals surface area contributed by atoms with E-state index >= 15 is 0 Å². The van der Waals surface area contributed by atoms with Crippen LogP contribution in [0.5, 0.6) is 29.4 Å². The molecule has 0 amide bonds. The molecular weight excluding hydrogens is 1530 g/mol. The quantitative estimate of drug-likeness (QED) is 0.108. The monoisotopic (exact) mass is 1670 g/mol. The van der Waals surface area contributed by atoms with Gasteiger partial charge in [0.1, 0.15) is 17.1 Å². The molecule has 8 fully saturated rings. The van der Waals surface area contributed by atoms with Crippen LogP contribution >= 0.6 is 0 Å². The third kappa shape index (κ3) is 29.8. The van der Waals surface area contributed by atoms with Gasteiger partial charge in [-0.15, -0.1) is 0 Å². The molecule has 0 aliphatic carbocycles. The van der Waals surface area contributed by atoms with Crippen molar-refractivity contribution in [1.82, 2.24) is 89.0 Å². The van der Waals surface area contributed by atoms with Crippen molar-refractivity contribution in [3.05, 3.63) is 184 Å². The Kier molecular flexibility index (Phi) is 39.6. The molecule has 26 heteroatoms. The second-order valence-electron chi connectivity index (χ2n) is 34.9. The highest BCUT2D eigenvalue weighted by Gasteiger charge is 2.37. The Morgan fingerprint density at radius 1 is 0.361 bits per heavy atom. The Hall–Kier alpha value is -9.17. The van der Waals surface area contributed by atoms with E-state index in [0.717, 1.165) is 111 Å². The first-order valence-corrected chi connectivity index (χ1v) is 44.4. The molecule has 4 N–H and O–H groups in total. The lowest BCUT2D eigenvalue weighted by Gasteiger charge is -2.34. The molecule has 0 bridgehead atoms. The van der Waals surface area contributed by atoms with Crippen molar-refractivity contribution in [3.8, 4) is 35.5 Å². The first-order valence-electron chi connectivity index (χ1n) is 44.4. The summed E-state index contributed by atoms with van der Waals surface area (Å²) < 4.78 is 26.4. The van der Waals surface area contributed by atoms with Crippen LogP contribution in [0, 0.1) is 39.0 Å². The first-order chi connectivity index (χ1) is 58.9. The molecule has 16 heterocycles. The molecule has 0 radical (unpaired) electrons. The maximum Gasteiger partial charge on any atom is 0.220 e. The van der Waals surface area contributed by atoms with Crippen LogP contribution in [0.2, 0.25) is 0 Å². The van der Waals surface area contributed by atoms with E-state index in [1.165, 1.54) is 187 Å². The second-order valence-corrected chi connectivity index (χ2v) is 34.9. The lowest BCUT2D eigenvalue weighted by Crippen LogP contribution is -2.40. The molecule has 8 aromatic heterocycles. The van der Waals surface area contributed by atoms with E-state index in [2.05, 4.69) is 203 Å². The predicted octanol–water partition coefficient (Wildman–Crippen LogP) is 14.0. The van der Waals surface area contributed by atoms with Gasteiger partial charge >= 0.3 is 0 Å². The third-order valence-corrected chi connectivity index (χ3v) is 25.8. The van der Waals surface area contributed by atoms with Crippen molar-refractivity contribution < 1.29 is 23.7 Å². The summed E-state index contributed by atoms with van der Waals surface area (Å²) in [5.74, 6) is 10.0. The Morgan fingerprint density at radius 2 is 0.820 bits per heavy atom. The highest BCUT2D eigenvalue weighted by molar-refractivity contribution is 5.39. The Labute approximate surface area is 730 Å². The highest BCUT2D eigenvalue weighted by Crippen LogP contribution is 2.39. The number of aromatic nitrogens is 10. The van der Waals surface area contributed by atoms with Crippen molar-refractivity contribution in [2.75, 3.05) is 208 Å². The maximum atomic E-state index is 9.37. The van der Waals surface area contributed by atoms with Gasteiger partial charge in [-0.2, -0.15) is 5.26 Å². The standard InChI is InChI=1S/4C13H20N2O.C12H15N3.C12H18N2O.2C10H16N4/c1-10-4-7-14-13(16-3)12(10)11-5-8-15(2)9-6-11;1-10-8-13(16-3)14-9-12(10)11-4-6-15(2)7-5-11;1-10-8-12(9-14-13(10)16-3)11-4-6-15(2)7-5-11;1-10-8-12(13(16-3)14-9-10)11-4-6-15(2)7-5-11;1-15-8-5-12(10-13,6-9-15)11-4-2-3-7-14-11;1-14-8-5-10(6-9-14)11-4-3-7-13-12(11)15-2;1-14-6-3-8(4-7-14)10-12-5-2-9(11)13-10;1-14-6-3-8(4-7-14)9-2-5-12-10(11)13-9/h4,7,11H,5-6,8-9H2,1-3H3;3*8-9,11H,4-7H2,1-3H3;2-4,7H,5-6,8-9H2,1H3;3-4,7,10H,5-6,8-9H2,1-2H3;2*2,5,8H,3-4,6-7H2,1H3,(H2,11,12,13). The van der Waals surface area contributed by atoms with Crippen molar-refractivity contribution in [1.29, 1.82) is 5.26 Å². The summed E-state index contributed by atoms with van der Waals surface area (Å²) in [5.41, 5.74) is 24.5. The van der Waals surface area contributed by atoms with Crippen molar-refractivity contribution in [2.24, 2.45) is 0 Å². The number of methoxy groups -OCH3 is 5. The largest absolute Gasteiger partial charge is 0.481 e. The molecule has 8 aliphatic heterocycles. The third-order valence-electron chi connectivity index (χ3n) is 25.8. The van der Waals surface area contributed by atoms with E-state index in [9.17, 15) is 5.26 Å². The lowest BCUT2D eigenvalue weighted by molar-refractivity contribution is 0.219. The van der Waals surface area contributed by atoms with Crippen LogP contribution in [0.4, 0.5) is 11.8 Å². The van der Waals surface area contributed by atoms with Crippen LogP contribution in [-0.4, -0.2) is 286 Å². The number of ether oxygens (including phenoxy) is 5. The van der Waals surface area contributed by atoms with Crippen molar-refractivity contribution in [3.63, 3.8) is 0 Å². The Bertz CT molecular complexity index is 4320. The summed E-state index contributed by atoms with van der Waals surface area (Å²) in [6.45, 7) is 26.7. The molecule has 16 rings (SSSR count). The minimum Gasteiger partial charge on any atom is -0.481 e. The molecule has 0 spiro atoms. The average Bonchev–Trinajstić information content (AvgIpc) is 0.811. The summed E-state index contributed by atoms with van der Waals surface area (Å²) in [7, 11) is 25.8. The number of nitrogens with zero attached hydrogens (tertiary/aromatic N) is 19. The van der Waals surface area contributed by atoms with Gasteiger partial charge in [-0.1, -0.05) is 12.1 Å². The number of pyridine rings is 6. The molecule has 0 unspecified atom stereocenters. The zero-order valence-electron chi connectivity index (χ0n) is 76.8. The minimum atomic E-state index is -0.353. The van der Waals surface area contributed by atoms with E-state index in [1.54, 1.807) is 66.4 Å². The minimum absolute atomic E-state index is 0.353. The molecule has 122 heavy (non-hydrogen) atoms. The van der Waals surface area contributed by atoms with Gasteiger partial charge in [-0.25, -0.2) is 44.9 Å². The number of piperidine rings is 8. The number of nitrogen functional groups attached to an aromatic ring is 2. The smallest absolute Gasteiger partial charge is 0.220 e. The highest BCUT2D eigenvalue weighted by atomic mass is 16.5. The summed E-state index contributed by atoms with van der Waals surface area (Å²) in [5, 5.41) is 9.37. The van der Waals surface area contributed by atoms with Gasteiger partial charge in [0, 0.05) is 95.4 Å². The molecule has 26 nitrogen and oxygen atoms in total. The van der Waals surface area contributed by atoms with E-state index in [0.29, 0.717) is 59.1 Å². The van der Waals surface area contributed by atoms with Crippen LogP contribution < -0.4 is 35.2 Å². The SMILES string of the molecule is CN1CCC(C#N)(c2ccccn2)CC1.CN1CCC(c2ccnc(N)n2)CC1.CN1CCC(c2nccc(N)n2)CC1.COc1cc(C)c(C2CCN(C)CC2)cn1.COc1ncc(C)cc1C1CCN(C)CC1.COc1ncc(C2CCN(C)CC2)cc1C.COc1nccc(C)c1C1CCN(C)CC1.COc1ncccc1C1CCN(C)CC1. The van der Waals surface area contributed by atoms with Crippen LogP contribution in [0.3, 0.4) is 0 Å². The molecule has 8 aromatic rings. The molecule has 0 saturated carbocycles. The summed E-state index contributed by atoms with van der Waals surface area (Å²) in [6, 6.07) is 24.7. The van der Waals surface area contributed by atoms with Crippen LogP contribution in [0.1, 0.15) is 211 Å². The lowest BCUT2D eigenvalue weighted by atomic mass is 9.77. The van der Waals surface area contributed by atoms with Gasteiger partial charge in [0.2, 0.25) is 35.3 Å². The molecular formula is C96H145N21O5. The number of nitrogens with two attached hydrogens (primary N) is 2. The molecule has 8 saturated heterocycles. The fourth-order valence-corrected chi connectivity index (χ4v) is 17.7. The fraction of sp³-hybridized carbons (Fsp3) is 0.594. The maximum absolute atomic E-state index is 9.37. The van der Waals surface area contributed by atoms with Crippen LogP contribution in [0.25, 0.3) is 0 Å². The van der Waals surface area contributed by atoms with Gasteiger partial charge in [0.15, 0.2) is 0 Å². The normalized spacial score (nSPS) is 19.2. The van der Waals surface area contributed by atoms with Gasteiger partial charge in [-0.05, 0) is 397 Å². The van der Waals surface area contributed by atoms with E-state index in [4.69, 9.17) is 35.2 Å². The van der Waals surface area contributed by atoms with Gasteiger partial charge in [-0.3, -0.25) is 4.98 Å². The topological polar surface area (TPSA) is 277 Å². The van der Waals surface area contributed by atoms with Crippen molar-refractivity contribution >= 4 is 11.8 Å². The molecule has 664 valence electrons. The zero-order chi connectivity index (χ0) is 87.5. The summed E-state index contributed by atoms with van der Waals surface area (Å²) >= 11 is 0. The van der Waals surface area contributed by atoms with Crippen LogP contribution in [-0.2, 0) is 5.41 Å². The number of hydrogen-bond acceptors (Lipinski definition) is 26. The summed E-state index contributed by atoms with van der Waals surface area (Å²) in [4.78, 5) is 61.5. The van der Waals surface area contributed by atoms with Gasteiger partial charge in [0.25, 0.3) is 0 Å². The number of likely N-dealkylation sites (tertiary alicyclic amines) is 8. The number of anilines is 2. The van der Waals surface area contributed by atoms with E-state index < -0.39 is 0 Å².